The first kappa shape index (κ1) is 13.2. The van der Waals surface area contributed by atoms with Crippen molar-refractivity contribution in [2.75, 3.05) is 19.5 Å². The molecule has 1 aromatic heterocycles. The number of nitrogens with two attached hydrogens (primary N) is 1. The van der Waals surface area contributed by atoms with Crippen LogP contribution < -0.4 is 10.5 Å². The molecule has 8 heteroatoms. The van der Waals surface area contributed by atoms with Crippen molar-refractivity contribution in [1.82, 2.24) is 4.98 Å². The third kappa shape index (κ3) is 2.82. The van der Waals surface area contributed by atoms with E-state index in [4.69, 9.17) is 10.5 Å². The highest BCUT2D eigenvalue weighted by atomic mass is 79.9. The molecule has 0 saturated heterocycles. The standard InChI is InChI=1S/C8H7Br2FN2O3/c1-15-3(14)2-16-8-5(10)6(12)4(9)7(11)13-8/h2H2,1H3,(H2,12,13). The summed E-state index contributed by atoms with van der Waals surface area (Å²) in [6.07, 6.45) is 0. The van der Waals surface area contributed by atoms with E-state index in [0.29, 0.717) is 0 Å². The number of pyridine rings is 1. The van der Waals surface area contributed by atoms with Crippen molar-refractivity contribution in [3.63, 3.8) is 0 Å². The lowest BCUT2D eigenvalue weighted by Crippen LogP contribution is -2.14. The molecule has 1 heterocycles. The lowest BCUT2D eigenvalue weighted by Gasteiger charge is -2.09. The van der Waals surface area contributed by atoms with Crippen LogP contribution in [0.4, 0.5) is 10.1 Å². The molecule has 0 aliphatic rings. The van der Waals surface area contributed by atoms with E-state index in [1.807, 2.05) is 0 Å². The van der Waals surface area contributed by atoms with Gasteiger partial charge >= 0.3 is 5.97 Å². The summed E-state index contributed by atoms with van der Waals surface area (Å²) in [6, 6.07) is 0. The number of carbonyl (C=O) groups excluding carboxylic acids is 1. The quantitative estimate of drug-likeness (QED) is 0.660. The molecule has 0 fully saturated rings. The Kier molecular flexibility index (Phi) is 4.48. The number of aromatic nitrogens is 1. The Morgan fingerprint density at radius 2 is 2.12 bits per heavy atom. The number of nitrogens with zero attached hydrogens (tertiary/aromatic N) is 1. The van der Waals surface area contributed by atoms with E-state index in [-0.39, 0.29) is 27.1 Å². The number of rotatable bonds is 3. The van der Waals surface area contributed by atoms with Crippen molar-refractivity contribution in [2.24, 2.45) is 0 Å². The maximum Gasteiger partial charge on any atom is 0.343 e. The highest BCUT2D eigenvalue weighted by molar-refractivity contribution is 9.11. The van der Waals surface area contributed by atoms with E-state index in [1.54, 1.807) is 0 Å². The molecule has 0 atom stereocenters. The number of carbonyl (C=O) groups is 1. The molecule has 0 bridgehead atoms. The van der Waals surface area contributed by atoms with Crippen LogP contribution in [0.3, 0.4) is 0 Å². The van der Waals surface area contributed by atoms with Crippen LogP contribution in [0.15, 0.2) is 8.95 Å². The van der Waals surface area contributed by atoms with Gasteiger partial charge in [0.2, 0.25) is 11.8 Å². The lowest BCUT2D eigenvalue weighted by atomic mass is 10.4. The van der Waals surface area contributed by atoms with Crippen LogP contribution in [0.25, 0.3) is 0 Å². The normalized spacial score (nSPS) is 10.0. The topological polar surface area (TPSA) is 74.4 Å². The second-order valence-corrected chi connectivity index (χ2v) is 4.20. The average molecular weight is 358 g/mol. The van der Waals surface area contributed by atoms with Gasteiger partial charge in [0.15, 0.2) is 6.61 Å². The third-order valence-corrected chi connectivity index (χ3v) is 3.12. The van der Waals surface area contributed by atoms with Crippen LogP contribution in [0.2, 0.25) is 0 Å². The SMILES string of the molecule is COC(=O)COc1nc(F)c(Br)c(N)c1Br. The summed E-state index contributed by atoms with van der Waals surface area (Å²) in [6.45, 7) is -0.372. The van der Waals surface area contributed by atoms with Crippen molar-refractivity contribution < 1.29 is 18.7 Å². The molecule has 2 N–H and O–H groups in total. The van der Waals surface area contributed by atoms with E-state index >= 15 is 0 Å². The Balaban J connectivity index is 2.93. The van der Waals surface area contributed by atoms with Gasteiger partial charge in [-0.15, -0.1) is 0 Å². The average Bonchev–Trinajstić information content (AvgIpc) is 2.28. The fourth-order valence-electron chi connectivity index (χ4n) is 0.792. The molecular weight excluding hydrogens is 351 g/mol. The van der Waals surface area contributed by atoms with E-state index in [0.717, 1.165) is 0 Å². The van der Waals surface area contributed by atoms with Crippen LogP contribution in [-0.2, 0) is 9.53 Å². The number of nitrogen functional groups attached to an aromatic ring is 1. The summed E-state index contributed by atoms with van der Waals surface area (Å²) in [4.78, 5) is 14.3. The molecule has 88 valence electrons. The largest absolute Gasteiger partial charge is 0.466 e. The summed E-state index contributed by atoms with van der Waals surface area (Å²) in [5.41, 5.74) is 5.66. The van der Waals surface area contributed by atoms with Crippen LogP contribution in [-0.4, -0.2) is 24.7 Å². The predicted octanol–water partition coefficient (Wildman–Crippen LogP) is 1.88. The lowest BCUT2D eigenvalue weighted by molar-refractivity contribution is -0.143. The van der Waals surface area contributed by atoms with Gasteiger partial charge in [-0.25, -0.2) is 4.79 Å². The first-order chi connectivity index (χ1) is 7.47. The first-order valence-electron chi connectivity index (χ1n) is 3.97. The van der Waals surface area contributed by atoms with Gasteiger partial charge in [0.1, 0.15) is 4.47 Å². The summed E-state index contributed by atoms with van der Waals surface area (Å²) in [5, 5.41) is 0. The number of anilines is 1. The highest BCUT2D eigenvalue weighted by Gasteiger charge is 2.16. The number of hydrogen-bond acceptors (Lipinski definition) is 5. The Bertz CT molecular complexity index is 428. The zero-order chi connectivity index (χ0) is 12.3. The molecule has 0 aromatic carbocycles. The highest BCUT2D eigenvalue weighted by Crippen LogP contribution is 2.35. The monoisotopic (exact) mass is 356 g/mol. The number of halogens is 3. The second kappa shape index (κ2) is 5.44. The van der Waals surface area contributed by atoms with E-state index in [9.17, 15) is 9.18 Å². The molecule has 16 heavy (non-hydrogen) atoms. The van der Waals surface area contributed by atoms with Crippen molar-refractivity contribution in [2.45, 2.75) is 0 Å². The van der Waals surface area contributed by atoms with Crippen LogP contribution >= 0.6 is 31.9 Å². The van der Waals surface area contributed by atoms with Crippen molar-refractivity contribution in [3.05, 3.63) is 14.9 Å². The molecule has 0 unspecified atom stereocenters. The third-order valence-electron chi connectivity index (χ3n) is 1.60. The number of esters is 1. The Morgan fingerprint density at radius 1 is 1.50 bits per heavy atom. The van der Waals surface area contributed by atoms with Crippen molar-refractivity contribution in [3.8, 4) is 5.88 Å². The fourth-order valence-corrected chi connectivity index (χ4v) is 1.75. The Morgan fingerprint density at radius 3 is 2.69 bits per heavy atom. The van der Waals surface area contributed by atoms with Gasteiger partial charge in [0.25, 0.3) is 0 Å². The Hall–Kier alpha value is -0.890. The maximum atomic E-state index is 13.2. The molecule has 0 radical (unpaired) electrons. The van der Waals surface area contributed by atoms with Crippen LogP contribution in [0.1, 0.15) is 0 Å². The number of methoxy groups -OCH3 is 1. The summed E-state index contributed by atoms with van der Waals surface area (Å²) < 4.78 is 22.8. The Labute approximate surface area is 107 Å². The number of hydrogen-bond donors (Lipinski definition) is 1. The predicted molar refractivity (Wildman–Crippen MR) is 61.5 cm³/mol. The van der Waals surface area contributed by atoms with Crippen molar-refractivity contribution in [1.29, 1.82) is 0 Å². The first-order valence-corrected chi connectivity index (χ1v) is 5.55. The van der Waals surface area contributed by atoms with Gasteiger partial charge in [-0.2, -0.15) is 9.37 Å². The minimum atomic E-state index is -0.819. The van der Waals surface area contributed by atoms with E-state index in [1.165, 1.54) is 7.11 Å². The van der Waals surface area contributed by atoms with Gasteiger partial charge in [-0.3, -0.25) is 0 Å². The summed E-state index contributed by atoms with van der Waals surface area (Å²) in [7, 11) is 1.21. The fraction of sp³-hybridized carbons (Fsp3) is 0.250. The van der Waals surface area contributed by atoms with Crippen molar-refractivity contribution >= 4 is 43.5 Å². The second-order valence-electron chi connectivity index (χ2n) is 2.61. The van der Waals surface area contributed by atoms with Crippen LogP contribution in [0.5, 0.6) is 5.88 Å². The molecule has 1 rings (SSSR count). The molecular formula is C8H7Br2FN2O3. The molecule has 5 nitrogen and oxygen atoms in total. The molecule has 0 aliphatic carbocycles. The maximum absolute atomic E-state index is 13.2. The van der Waals surface area contributed by atoms with Gasteiger partial charge in [-0.05, 0) is 31.9 Å². The van der Waals surface area contributed by atoms with Gasteiger partial charge < -0.3 is 15.2 Å². The van der Waals surface area contributed by atoms with Gasteiger partial charge in [-0.1, -0.05) is 0 Å². The smallest absolute Gasteiger partial charge is 0.343 e. The summed E-state index contributed by atoms with van der Waals surface area (Å²) in [5.74, 6) is -1.53. The summed E-state index contributed by atoms with van der Waals surface area (Å²) >= 11 is 5.99. The number of ether oxygens (including phenoxy) is 2. The zero-order valence-corrected chi connectivity index (χ0v) is 11.3. The van der Waals surface area contributed by atoms with E-state index < -0.39 is 11.9 Å². The van der Waals surface area contributed by atoms with Gasteiger partial charge in [0, 0.05) is 0 Å². The molecule has 0 aliphatic heterocycles. The van der Waals surface area contributed by atoms with Gasteiger partial charge in [0.05, 0.1) is 17.3 Å². The molecule has 0 spiro atoms. The minimum Gasteiger partial charge on any atom is -0.466 e. The minimum absolute atomic E-state index is 0.0322. The molecule has 0 amide bonds. The zero-order valence-electron chi connectivity index (χ0n) is 8.09. The van der Waals surface area contributed by atoms with E-state index in [2.05, 4.69) is 41.6 Å². The van der Waals surface area contributed by atoms with Crippen LogP contribution in [0, 0.1) is 5.95 Å². The molecule has 1 aromatic rings. The molecule has 0 saturated carbocycles.